The molecule has 1 aliphatic carbocycles. The Bertz CT molecular complexity index is 399. The van der Waals surface area contributed by atoms with Gasteiger partial charge in [0.25, 0.3) is 0 Å². The van der Waals surface area contributed by atoms with Gasteiger partial charge in [0.05, 0.1) is 7.11 Å². The summed E-state index contributed by atoms with van der Waals surface area (Å²) in [4.78, 5) is 13.9. The molecule has 0 saturated heterocycles. The lowest BCUT2D eigenvalue weighted by atomic mass is 9.83. The lowest BCUT2D eigenvalue weighted by molar-refractivity contribution is -0.148. The fourth-order valence-electron chi connectivity index (χ4n) is 2.18. The topological polar surface area (TPSA) is 52.3 Å². The summed E-state index contributed by atoms with van der Waals surface area (Å²) in [6.07, 6.45) is 2.66. The number of thiophene rings is 1. The molecule has 1 aliphatic rings. The van der Waals surface area contributed by atoms with E-state index in [0.29, 0.717) is 6.42 Å². The van der Waals surface area contributed by atoms with E-state index in [-0.39, 0.29) is 5.97 Å². The molecule has 1 heterocycles. The van der Waals surface area contributed by atoms with Gasteiger partial charge < -0.3 is 10.5 Å². The molecule has 0 aromatic carbocycles. The molecule has 0 fully saturated rings. The second-order valence-electron chi connectivity index (χ2n) is 4.03. The van der Waals surface area contributed by atoms with Crippen molar-refractivity contribution in [3.8, 4) is 0 Å². The van der Waals surface area contributed by atoms with Crippen LogP contribution in [0.3, 0.4) is 0 Å². The molecule has 1 aromatic rings. The third-order valence-electron chi connectivity index (χ3n) is 2.90. The number of fused-ring (bicyclic) bond motifs is 1. The molecule has 1 aromatic heterocycles. The van der Waals surface area contributed by atoms with Crippen LogP contribution < -0.4 is 5.73 Å². The molecule has 15 heavy (non-hydrogen) atoms. The first kappa shape index (κ1) is 10.6. The molecule has 2 rings (SSSR count). The van der Waals surface area contributed by atoms with E-state index >= 15 is 0 Å². The van der Waals surface area contributed by atoms with Crippen LogP contribution in [0, 0.1) is 6.92 Å². The number of rotatable bonds is 1. The average Bonchev–Trinajstić information content (AvgIpc) is 2.59. The van der Waals surface area contributed by atoms with Gasteiger partial charge in [0.1, 0.15) is 5.54 Å². The molecule has 2 N–H and O–H groups in total. The quantitative estimate of drug-likeness (QED) is 0.740. The molecule has 0 aliphatic heterocycles. The number of hydrogen-bond acceptors (Lipinski definition) is 4. The van der Waals surface area contributed by atoms with Gasteiger partial charge in [-0.3, -0.25) is 0 Å². The van der Waals surface area contributed by atoms with Crippen molar-refractivity contribution in [2.45, 2.75) is 31.7 Å². The maximum Gasteiger partial charge on any atom is 0.331 e. The largest absolute Gasteiger partial charge is 0.467 e. The average molecular weight is 225 g/mol. The molecular weight excluding hydrogens is 210 g/mol. The van der Waals surface area contributed by atoms with Crippen molar-refractivity contribution in [2.24, 2.45) is 5.73 Å². The first-order chi connectivity index (χ1) is 7.08. The van der Waals surface area contributed by atoms with Gasteiger partial charge in [0.15, 0.2) is 0 Å². The maximum absolute atomic E-state index is 11.7. The van der Waals surface area contributed by atoms with Gasteiger partial charge in [-0.25, -0.2) is 4.79 Å². The molecule has 3 nitrogen and oxygen atoms in total. The van der Waals surface area contributed by atoms with Crippen LogP contribution >= 0.6 is 11.3 Å². The Morgan fingerprint density at radius 1 is 1.67 bits per heavy atom. The van der Waals surface area contributed by atoms with Crippen LogP contribution in [0.5, 0.6) is 0 Å². The summed E-state index contributed by atoms with van der Waals surface area (Å²) in [6, 6.07) is 2.13. The molecule has 82 valence electrons. The van der Waals surface area contributed by atoms with Crippen LogP contribution in [0.1, 0.15) is 28.2 Å². The third-order valence-corrected chi connectivity index (χ3v) is 4.17. The van der Waals surface area contributed by atoms with E-state index in [9.17, 15) is 4.79 Å². The van der Waals surface area contributed by atoms with Gasteiger partial charge in [-0.2, -0.15) is 0 Å². The van der Waals surface area contributed by atoms with Crippen LogP contribution in [0.4, 0.5) is 0 Å². The van der Waals surface area contributed by atoms with E-state index in [2.05, 4.69) is 6.07 Å². The van der Waals surface area contributed by atoms with Gasteiger partial charge in [0, 0.05) is 9.75 Å². The summed E-state index contributed by atoms with van der Waals surface area (Å²) in [6.45, 7) is 2.04. The summed E-state index contributed by atoms with van der Waals surface area (Å²) in [5.74, 6) is -0.315. The van der Waals surface area contributed by atoms with E-state index in [4.69, 9.17) is 10.5 Å². The lowest BCUT2D eigenvalue weighted by Crippen LogP contribution is -2.47. The van der Waals surface area contributed by atoms with E-state index < -0.39 is 5.54 Å². The highest BCUT2D eigenvalue weighted by Gasteiger charge is 2.42. The zero-order chi connectivity index (χ0) is 11.1. The number of carbonyl (C=O) groups excluding carboxylic acids is 1. The molecule has 4 heteroatoms. The lowest BCUT2D eigenvalue weighted by Gasteiger charge is -2.30. The van der Waals surface area contributed by atoms with Gasteiger partial charge >= 0.3 is 5.97 Å². The number of nitrogens with two attached hydrogens (primary N) is 1. The van der Waals surface area contributed by atoms with Crippen molar-refractivity contribution < 1.29 is 9.53 Å². The Kier molecular flexibility index (Phi) is 2.56. The SMILES string of the molecule is COC(=O)C1(N)CCCc2cc(C)sc21. The maximum atomic E-state index is 11.7. The van der Waals surface area contributed by atoms with Gasteiger partial charge in [0.2, 0.25) is 0 Å². The Hall–Kier alpha value is -0.870. The molecule has 0 radical (unpaired) electrons. The minimum absolute atomic E-state index is 0.315. The van der Waals surface area contributed by atoms with Crippen LogP contribution in [-0.4, -0.2) is 13.1 Å². The highest BCUT2D eigenvalue weighted by atomic mass is 32.1. The molecule has 1 atom stereocenters. The Morgan fingerprint density at radius 2 is 2.40 bits per heavy atom. The summed E-state index contributed by atoms with van der Waals surface area (Å²) in [7, 11) is 1.39. The number of hydrogen-bond donors (Lipinski definition) is 1. The monoisotopic (exact) mass is 225 g/mol. The Labute approximate surface area is 93.2 Å². The van der Waals surface area contributed by atoms with Crippen molar-refractivity contribution in [1.29, 1.82) is 0 Å². The molecule has 0 amide bonds. The number of carbonyl (C=O) groups is 1. The van der Waals surface area contributed by atoms with E-state index in [1.807, 2.05) is 6.92 Å². The van der Waals surface area contributed by atoms with Crippen molar-refractivity contribution in [3.05, 3.63) is 21.4 Å². The number of aryl methyl sites for hydroxylation is 2. The highest BCUT2D eigenvalue weighted by molar-refractivity contribution is 7.12. The minimum atomic E-state index is -0.902. The predicted octanol–water partition coefficient (Wildman–Crippen LogP) is 1.72. The van der Waals surface area contributed by atoms with Crippen molar-refractivity contribution in [1.82, 2.24) is 0 Å². The second kappa shape index (κ2) is 3.61. The zero-order valence-corrected chi connectivity index (χ0v) is 9.82. The van der Waals surface area contributed by atoms with Crippen molar-refractivity contribution >= 4 is 17.3 Å². The Balaban J connectivity index is 2.48. The molecule has 0 spiro atoms. The molecular formula is C11H15NO2S. The fraction of sp³-hybridized carbons (Fsp3) is 0.545. The summed E-state index contributed by atoms with van der Waals surface area (Å²) < 4.78 is 4.80. The third kappa shape index (κ3) is 1.58. The fourth-order valence-corrected chi connectivity index (χ4v) is 3.36. The summed E-state index contributed by atoms with van der Waals surface area (Å²) in [5, 5.41) is 0. The van der Waals surface area contributed by atoms with Gasteiger partial charge in [-0.1, -0.05) is 0 Å². The van der Waals surface area contributed by atoms with E-state index in [1.165, 1.54) is 17.6 Å². The number of ether oxygens (including phenoxy) is 1. The second-order valence-corrected chi connectivity index (χ2v) is 5.28. The zero-order valence-electron chi connectivity index (χ0n) is 9.00. The predicted molar refractivity (Wildman–Crippen MR) is 59.9 cm³/mol. The van der Waals surface area contributed by atoms with Crippen LogP contribution in [0.15, 0.2) is 6.07 Å². The van der Waals surface area contributed by atoms with E-state index in [1.54, 1.807) is 11.3 Å². The number of methoxy groups -OCH3 is 1. The van der Waals surface area contributed by atoms with Crippen LogP contribution in [0.2, 0.25) is 0 Å². The van der Waals surface area contributed by atoms with Crippen molar-refractivity contribution in [2.75, 3.05) is 7.11 Å². The van der Waals surface area contributed by atoms with Crippen LogP contribution in [0.25, 0.3) is 0 Å². The Morgan fingerprint density at radius 3 is 3.07 bits per heavy atom. The normalized spacial score (nSPS) is 24.7. The molecule has 0 saturated carbocycles. The van der Waals surface area contributed by atoms with E-state index in [0.717, 1.165) is 17.7 Å². The highest BCUT2D eigenvalue weighted by Crippen LogP contribution is 2.39. The molecule has 0 bridgehead atoms. The minimum Gasteiger partial charge on any atom is -0.467 e. The molecule has 1 unspecified atom stereocenters. The first-order valence-electron chi connectivity index (χ1n) is 5.05. The number of esters is 1. The smallest absolute Gasteiger partial charge is 0.331 e. The standard InChI is InChI=1S/C11H15NO2S/c1-7-6-8-4-3-5-11(12,9(8)15-7)10(13)14-2/h6H,3-5,12H2,1-2H3. The first-order valence-corrected chi connectivity index (χ1v) is 5.86. The van der Waals surface area contributed by atoms with Gasteiger partial charge in [-0.05, 0) is 37.8 Å². The summed E-state index contributed by atoms with van der Waals surface area (Å²) >= 11 is 1.61. The van der Waals surface area contributed by atoms with Crippen LogP contribution in [-0.2, 0) is 21.5 Å². The summed E-state index contributed by atoms with van der Waals surface area (Å²) in [5.41, 5.74) is 6.49. The van der Waals surface area contributed by atoms with Gasteiger partial charge in [-0.15, -0.1) is 11.3 Å². The van der Waals surface area contributed by atoms with Crippen molar-refractivity contribution in [3.63, 3.8) is 0 Å².